The van der Waals surface area contributed by atoms with E-state index in [9.17, 15) is 19.5 Å². The molecule has 0 atom stereocenters. The predicted octanol–water partition coefficient (Wildman–Crippen LogP) is 2.06. The minimum absolute atomic E-state index is 0.197. The summed E-state index contributed by atoms with van der Waals surface area (Å²) in [5.74, 6) is -1.74. The summed E-state index contributed by atoms with van der Waals surface area (Å²) in [6, 6.07) is 13.3. The Morgan fingerprint density at radius 3 is 2.54 bits per heavy atom. The highest BCUT2D eigenvalue weighted by molar-refractivity contribution is 6.30. The summed E-state index contributed by atoms with van der Waals surface area (Å²) in [4.78, 5) is 36.0. The fourth-order valence-electron chi connectivity index (χ4n) is 2.54. The standard InChI is InChI=1S/C18H14ClN3O4/c19-12-5-3-4-11(8-12)9-20-15(23)10-22-17(24)14-7-2-1-6-13(14)16(21-22)18(25)26/h1-8H,9-10H2,(H,20,23)(H,25,26). The molecule has 7 nitrogen and oxygen atoms in total. The van der Waals surface area contributed by atoms with Gasteiger partial charge < -0.3 is 10.4 Å². The number of fused-ring (bicyclic) bond motifs is 1. The van der Waals surface area contributed by atoms with Gasteiger partial charge in [0.05, 0.1) is 5.39 Å². The van der Waals surface area contributed by atoms with E-state index >= 15 is 0 Å². The van der Waals surface area contributed by atoms with Gasteiger partial charge in [0.2, 0.25) is 5.91 Å². The molecule has 1 amide bonds. The molecule has 0 aliphatic rings. The molecular formula is C18H14ClN3O4. The van der Waals surface area contributed by atoms with Crippen LogP contribution in [0.15, 0.2) is 53.3 Å². The third kappa shape index (κ3) is 3.73. The number of carboxylic acids is 1. The highest BCUT2D eigenvalue weighted by Gasteiger charge is 2.16. The van der Waals surface area contributed by atoms with Crippen molar-refractivity contribution in [1.29, 1.82) is 0 Å². The molecule has 1 heterocycles. The highest BCUT2D eigenvalue weighted by atomic mass is 35.5. The Morgan fingerprint density at radius 1 is 1.12 bits per heavy atom. The number of carboxylic acid groups (broad SMARTS) is 1. The molecule has 0 aliphatic heterocycles. The average Bonchev–Trinajstić information content (AvgIpc) is 2.62. The van der Waals surface area contributed by atoms with E-state index in [4.69, 9.17) is 11.6 Å². The number of aromatic nitrogens is 2. The van der Waals surface area contributed by atoms with Crippen molar-refractivity contribution in [3.05, 3.63) is 75.2 Å². The van der Waals surface area contributed by atoms with E-state index in [0.717, 1.165) is 10.2 Å². The zero-order valence-electron chi connectivity index (χ0n) is 13.5. The van der Waals surface area contributed by atoms with Crippen LogP contribution >= 0.6 is 11.6 Å². The van der Waals surface area contributed by atoms with Crippen LogP contribution in [-0.4, -0.2) is 26.8 Å². The van der Waals surface area contributed by atoms with Gasteiger partial charge >= 0.3 is 5.97 Å². The summed E-state index contributed by atoms with van der Waals surface area (Å²) in [7, 11) is 0. The van der Waals surface area contributed by atoms with Crippen molar-refractivity contribution in [3.8, 4) is 0 Å². The Hall–Kier alpha value is -3.19. The molecular weight excluding hydrogens is 358 g/mol. The highest BCUT2D eigenvalue weighted by Crippen LogP contribution is 2.13. The summed E-state index contributed by atoms with van der Waals surface area (Å²) in [6.45, 7) is -0.155. The number of nitrogens with zero attached hydrogens (tertiary/aromatic N) is 2. The van der Waals surface area contributed by atoms with Gasteiger partial charge in [0.1, 0.15) is 6.54 Å². The van der Waals surface area contributed by atoms with Gasteiger partial charge in [-0.3, -0.25) is 9.59 Å². The van der Waals surface area contributed by atoms with Crippen LogP contribution < -0.4 is 10.9 Å². The van der Waals surface area contributed by atoms with Crippen molar-refractivity contribution >= 4 is 34.2 Å². The van der Waals surface area contributed by atoms with Gasteiger partial charge in [-0.1, -0.05) is 41.9 Å². The van der Waals surface area contributed by atoms with Gasteiger partial charge in [-0.05, 0) is 23.8 Å². The molecule has 26 heavy (non-hydrogen) atoms. The zero-order valence-corrected chi connectivity index (χ0v) is 14.2. The summed E-state index contributed by atoms with van der Waals surface area (Å²) in [5.41, 5.74) is 0.00207. The van der Waals surface area contributed by atoms with Gasteiger partial charge in [0.15, 0.2) is 5.69 Å². The maximum atomic E-state index is 12.5. The summed E-state index contributed by atoms with van der Waals surface area (Å²) in [6.07, 6.45) is 0. The molecule has 0 aliphatic carbocycles. The molecule has 0 unspecified atom stereocenters. The van der Waals surface area contributed by atoms with E-state index in [1.165, 1.54) is 12.1 Å². The molecule has 0 bridgehead atoms. The van der Waals surface area contributed by atoms with Gasteiger partial charge in [0, 0.05) is 17.0 Å². The molecule has 0 fully saturated rings. The molecule has 3 aromatic rings. The Labute approximate surface area is 152 Å². The van der Waals surface area contributed by atoms with Crippen molar-refractivity contribution in [1.82, 2.24) is 15.1 Å². The number of hydrogen-bond donors (Lipinski definition) is 2. The predicted molar refractivity (Wildman–Crippen MR) is 96.3 cm³/mol. The lowest BCUT2D eigenvalue weighted by molar-refractivity contribution is -0.122. The Kier molecular flexibility index (Phi) is 4.99. The molecule has 2 N–H and O–H groups in total. The molecule has 0 saturated heterocycles. The number of hydrogen-bond acceptors (Lipinski definition) is 4. The Morgan fingerprint density at radius 2 is 1.85 bits per heavy atom. The quantitative estimate of drug-likeness (QED) is 0.715. The monoisotopic (exact) mass is 371 g/mol. The lowest BCUT2D eigenvalue weighted by Gasteiger charge is -2.09. The van der Waals surface area contributed by atoms with E-state index in [2.05, 4.69) is 10.4 Å². The van der Waals surface area contributed by atoms with Crippen LogP contribution in [0.5, 0.6) is 0 Å². The number of benzene rings is 2. The number of amides is 1. The van der Waals surface area contributed by atoms with Crippen molar-refractivity contribution in [2.45, 2.75) is 13.1 Å². The van der Waals surface area contributed by atoms with Crippen LogP contribution in [0.1, 0.15) is 16.1 Å². The molecule has 0 spiro atoms. The summed E-state index contributed by atoms with van der Waals surface area (Å²) < 4.78 is 0.860. The Balaban J connectivity index is 1.84. The molecule has 132 valence electrons. The molecule has 1 aromatic heterocycles. The zero-order chi connectivity index (χ0) is 18.7. The lowest BCUT2D eigenvalue weighted by atomic mass is 10.1. The lowest BCUT2D eigenvalue weighted by Crippen LogP contribution is -2.34. The average molecular weight is 372 g/mol. The van der Waals surface area contributed by atoms with Crippen molar-refractivity contribution < 1.29 is 14.7 Å². The smallest absolute Gasteiger partial charge is 0.357 e. The normalized spacial score (nSPS) is 10.7. The topological polar surface area (TPSA) is 101 Å². The fraction of sp³-hybridized carbons (Fsp3) is 0.111. The maximum absolute atomic E-state index is 12.5. The number of halogens is 1. The van der Waals surface area contributed by atoms with Crippen LogP contribution in [-0.2, 0) is 17.9 Å². The second-order valence-electron chi connectivity index (χ2n) is 5.57. The van der Waals surface area contributed by atoms with Crippen LogP contribution in [0.3, 0.4) is 0 Å². The van der Waals surface area contributed by atoms with E-state index in [1.54, 1.807) is 36.4 Å². The first-order valence-electron chi connectivity index (χ1n) is 7.70. The number of aromatic carboxylic acids is 1. The summed E-state index contributed by atoms with van der Waals surface area (Å²) >= 11 is 5.89. The number of nitrogens with one attached hydrogen (secondary N) is 1. The van der Waals surface area contributed by atoms with Crippen LogP contribution in [0, 0.1) is 0 Å². The maximum Gasteiger partial charge on any atom is 0.357 e. The fourth-order valence-corrected chi connectivity index (χ4v) is 2.75. The molecule has 0 saturated carbocycles. The van der Waals surface area contributed by atoms with E-state index in [0.29, 0.717) is 5.02 Å². The van der Waals surface area contributed by atoms with Gasteiger partial charge in [0.25, 0.3) is 5.56 Å². The number of carbonyl (C=O) groups excluding carboxylic acids is 1. The first-order valence-corrected chi connectivity index (χ1v) is 8.08. The molecule has 0 radical (unpaired) electrons. The third-order valence-electron chi connectivity index (χ3n) is 3.74. The van der Waals surface area contributed by atoms with Gasteiger partial charge in [-0.25, -0.2) is 9.48 Å². The van der Waals surface area contributed by atoms with Crippen LogP contribution in [0.4, 0.5) is 0 Å². The first kappa shape index (κ1) is 17.6. The second kappa shape index (κ2) is 7.37. The van der Waals surface area contributed by atoms with E-state index in [-0.39, 0.29) is 29.6 Å². The van der Waals surface area contributed by atoms with E-state index in [1.807, 2.05) is 0 Å². The summed E-state index contributed by atoms with van der Waals surface area (Å²) in [5, 5.41) is 16.8. The Bertz CT molecular complexity index is 1060. The largest absolute Gasteiger partial charge is 0.476 e. The van der Waals surface area contributed by atoms with E-state index < -0.39 is 17.4 Å². The first-order chi connectivity index (χ1) is 12.5. The SMILES string of the molecule is O=C(Cn1nc(C(=O)O)c2ccccc2c1=O)NCc1cccc(Cl)c1. The van der Waals surface area contributed by atoms with Gasteiger partial charge in [-0.2, -0.15) is 5.10 Å². The van der Waals surface area contributed by atoms with Crippen molar-refractivity contribution in [2.24, 2.45) is 0 Å². The van der Waals surface area contributed by atoms with Crippen LogP contribution in [0.2, 0.25) is 5.02 Å². The van der Waals surface area contributed by atoms with Gasteiger partial charge in [-0.15, -0.1) is 0 Å². The van der Waals surface area contributed by atoms with Crippen LogP contribution in [0.25, 0.3) is 10.8 Å². The number of carbonyl (C=O) groups is 2. The molecule has 8 heteroatoms. The molecule has 2 aromatic carbocycles. The second-order valence-corrected chi connectivity index (χ2v) is 6.01. The third-order valence-corrected chi connectivity index (χ3v) is 3.98. The molecule has 3 rings (SSSR count). The van der Waals surface area contributed by atoms with Crippen molar-refractivity contribution in [2.75, 3.05) is 0 Å². The van der Waals surface area contributed by atoms with Crippen molar-refractivity contribution in [3.63, 3.8) is 0 Å². The minimum Gasteiger partial charge on any atom is -0.476 e. The number of rotatable bonds is 5. The minimum atomic E-state index is -1.27.